The Hall–Kier alpha value is -2.35. The summed E-state index contributed by atoms with van der Waals surface area (Å²) in [5, 5.41) is 5.31. The topological polar surface area (TPSA) is 90.2 Å². The minimum Gasteiger partial charge on any atom is -0.461 e. The molecule has 0 saturated carbocycles. The molecule has 0 spiro atoms. The molecule has 3 heterocycles. The summed E-state index contributed by atoms with van der Waals surface area (Å²) in [6, 6.07) is 1.74. The molecule has 1 unspecified atom stereocenters. The molecule has 1 atom stereocenters. The van der Waals surface area contributed by atoms with E-state index in [-0.39, 0.29) is 18.4 Å². The number of aryl methyl sites for hydroxylation is 1. The zero-order valence-electron chi connectivity index (χ0n) is 15.9. The number of amidine groups is 1. The van der Waals surface area contributed by atoms with Crippen molar-refractivity contribution >= 4 is 23.3 Å². The Morgan fingerprint density at radius 2 is 2.00 bits per heavy atom. The first-order chi connectivity index (χ1) is 12.3. The largest absolute Gasteiger partial charge is 0.461 e. The van der Waals surface area contributed by atoms with Gasteiger partial charge in [0.25, 0.3) is 5.91 Å². The second-order valence-electron chi connectivity index (χ2n) is 6.99. The van der Waals surface area contributed by atoms with Crippen LogP contribution in [0.4, 0.5) is 5.69 Å². The van der Waals surface area contributed by atoms with Gasteiger partial charge in [-0.2, -0.15) is 0 Å². The monoisotopic (exact) mass is 361 g/mol. The normalized spacial score (nSPS) is 25.2. The number of carbonyl (C=O) groups is 2. The number of aliphatic imine (C=N–C) groups is 1. The molecule has 3 rings (SSSR count). The summed E-state index contributed by atoms with van der Waals surface area (Å²) < 4.78 is 5.79. The molecule has 2 fully saturated rings. The van der Waals surface area contributed by atoms with Crippen molar-refractivity contribution in [2.24, 2.45) is 4.99 Å². The van der Waals surface area contributed by atoms with Crippen LogP contribution in [0.25, 0.3) is 0 Å². The maximum absolute atomic E-state index is 12.3. The Morgan fingerprint density at radius 1 is 1.31 bits per heavy atom. The predicted octanol–water partition coefficient (Wildman–Crippen LogP) is 0.737. The van der Waals surface area contributed by atoms with Crippen LogP contribution in [-0.2, 0) is 15.1 Å². The van der Waals surface area contributed by atoms with E-state index in [0.29, 0.717) is 17.2 Å². The van der Waals surface area contributed by atoms with Gasteiger partial charge in [-0.15, -0.1) is 0 Å². The van der Waals surface area contributed by atoms with Gasteiger partial charge in [0.05, 0.1) is 6.54 Å². The van der Waals surface area contributed by atoms with Crippen molar-refractivity contribution in [1.29, 1.82) is 0 Å². The van der Waals surface area contributed by atoms with Crippen LogP contribution in [0.1, 0.15) is 32.3 Å². The lowest BCUT2D eigenvalue weighted by molar-refractivity contribution is -0.139. The third-order valence-electron chi connectivity index (χ3n) is 5.20. The van der Waals surface area contributed by atoms with Gasteiger partial charge in [-0.25, -0.2) is 4.99 Å². The molecule has 2 amide bonds. The van der Waals surface area contributed by atoms with Crippen molar-refractivity contribution in [2.75, 3.05) is 39.3 Å². The van der Waals surface area contributed by atoms with Gasteiger partial charge in [-0.05, 0) is 27.3 Å². The number of hydrogen-bond donors (Lipinski definition) is 2. The van der Waals surface area contributed by atoms with Gasteiger partial charge in [-0.3, -0.25) is 9.59 Å². The van der Waals surface area contributed by atoms with Crippen molar-refractivity contribution in [1.82, 2.24) is 20.4 Å². The fraction of sp³-hybridized carbons (Fsp3) is 0.611. The first-order valence-electron chi connectivity index (χ1n) is 9.06. The molecule has 0 bridgehead atoms. The number of rotatable bonds is 3. The lowest BCUT2D eigenvalue weighted by atomic mass is 9.95. The van der Waals surface area contributed by atoms with Crippen LogP contribution in [0.2, 0.25) is 0 Å². The Morgan fingerprint density at radius 3 is 2.65 bits per heavy atom. The van der Waals surface area contributed by atoms with E-state index in [1.807, 2.05) is 13.8 Å². The maximum Gasteiger partial charge on any atom is 0.253 e. The van der Waals surface area contributed by atoms with Crippen LogP contribution in [0.5, 0.6) is 0 Å². The minimum atomic E-state index is -1.21. The minimum absolute atomic E-state index is 0.0119. The molecule has 2 N–H and O–H groups in total. The molecule has 2 aliphatic rings. The highest BCUT2D eigenvalue weighted by molar-refractivity contribution is 5.98. The number of piperazine rings is 2. The summed E-state index contributed by atoms with van der Waals surface area (Å²) in [4.78, 5) is 33.4. The van der Waals surface area contributed by atoms with E-state index in [1.165, 1.54) is 0 Å². The summed E-state index contributed by atoms with van der Waals surface area (Å²) in [5.41, 5.74) is -0.529. The molecule has 1 aromatic heterocycles. The second kappa shape index (κ2) is 7.11. The van der Waals surface area contributed by atoms with E-state index >= 15 is 0 Å². The summed E-state index contributed by atoms with van der Waals surface area (Å²) in [6.45, 7) is 12.6. The molecule has 0 aliphatic carbocycles. The molecule has 1 aromatic rings. The predicted molar refractivity (Wildman–Crippen MR) is 98.4 cm³/mol. The van der Waals surface area contributed by atoms with Gasteiger partial charge in [0.15, 0.2) is 5.54 Å². The molecule has 142 valence electrons. The number of amides is 2. The lowest BCUT2D eigenvalue weighted by Gasteiger charge is -2.35. The van der Waals surface area contributed by atoms with E-state index in [0.717, 1.165) is 38.6 Å². The summed E-state index contributed by atoms with van der Waals surface area (Å²) in [7, 11) is 0. The summed E-state index contributed by atoms with van der Waals surface area (Å²) in [6.07, 6.45) is 0. The highest BCUT2D eigenvalue weighted by atomic mass is 16.3. The fourth-order valence-corrected chi connectivity index (χ4v) is 3.35. The fourth-order valence-electron chi connectivity index (χ4n) is 3.35. The Kier molecular flexibility index (Phi) is 5.04. The number of nitrogens with one attached hydrogen (secondary N) is 2. The van der Waals surface area contributed by atoms with E-state index in [1.54, 1.807) is 13.0 Å². The standard InChI is InChI=1S/C18H27N5O3/c1-5-22-6-8-23(9-7-22)13(3)20-14-10-15(26-12(14)2)18(4)17(25)19-11-16(24)21-18/h10H,5-9,11H2,1-4H3,(H,19,25)(H,21,24). The van der Waals surface area contributed by atoms with Crippen molar-refractivity contribution in [3.8, 4) is 0 Å². The van der Waals surface area contributed by atoms with Gasteiger partial charge >= 0.3 is 0 Å². The van der Waals surface area contributed by atoms with Crippen molar-refractivity contribution in [3.63, 3.8) is 0 Å². The molecule has 8 heteroatoms. The SMILES string of the molecule is CCN1CCN(C(C)=Nc2cc(C3(C)NC(=O)CNC3=O)oc2C)CC1. The highest BCUT2D eigenvalue weighted by Gasteiger charge is 2.43. The smallest absolute Gasteiger partial charge is 0.253 e. The van der Waals surface area contributed by atoms with Crippen molar-refractivity contribution < 1.29 is 14.0 Å². The summed E-state index contributed by atoms with van der Waals surface area (Å²) in [5.74, 6) is 1.42. The molecule has 2 saturated heterocycles. The quantitative estimate of drug-likeness (QED) is 0.612. The zero-order valence-corrected chi connectivity index (χ0v) is 15.9. The first-order valence-corrected chi connectivity index (χ1v) is 9.06. The van der Waals surface area contributed by atoms with E-state index in [4.69, 9.17) is 9.41 Å². The zero-order chi connectivity index (χ0) is 18.9. The number of nitrogens with zero attached hydrogens (tertiary/aromatic N) is 3. The van der Waals surface area contributed by atoms with Crippen LogP contribution in [0.3, 0.4) is 0 Å². The Labute approximate surface area is 153 Å². The van der Waals surface area contributed by atoms with Crippen LogP contribution in [-0.4, -0.2) is 66.7 Å². The molecule has 0 aromatic carbocycles. The maximum atomic E-state index is 12.3. The number of hydrogen-bond acceptors (Lipinski definition) is 5. The van der Waals surface area contributed by atoms with Crippen molar-refractivity contribution in [3.05, 3.63) is 17.6 Å². The molecule has 0 radical (unpaired) electrons. The summed E-state index contributed by atoms with van der Waals surface area (Å²) >= 11 is 0. The number of furan rings is 1. The lowest BCUT2D eigenvalue weighted by Crippen LogP contribution is -2.61. The number of likely N-dealkylation sites (N-methyl/N-ethyl adjacent to an activating group) is 1. The first kappa shape index (κ1) is 18.4. The third-order valence-corrected chi connectivity index (χ3v) is 5.20. The van der Waals surface area contributed by atoms with Crippen LogP contribution >= 0.6 is 0 Å². The average Bonchev–Trinajstić information content (AvgIpc) is 3.00. The Balaban J connectivity index is 1.80. The molecule has 2 aliphatic heterocycles. The van der Waals surface area contributed by atoms with Gasteiger partial charge in [0, 0.05) is 32.2 Å². The molecular weight excluding hydrogens is 334 g/mol. The van der Waals surface area contributed by atoms with E-state index in [9.17, 15) is 9.59 Å². The van der Waals surface area contributed by atoms with Crippen molar-refractivity contribution in [2.45, 2.75) is 33.2 Å². The number of carbonyl (C=O) groups excluding carboxylic acids is 2. The van der Waals surface area contributed by atoms with Crippen LogP contribution < -0.4 is 10.6 Å². The Bertz CT molecular complexity index is 733. The van der Waals surface area contributed by atoms with Gasteiger partial charge in [0.1, 0.15) is 23.0 Å². The average molecular weight is 361 g/mol. The molecule has 8 nitrogen and oxygen atoms in total. The van der Waals surface area contributed by atoms with Gasteiger partial charge in [-0.1, -0.05) is 6.92 Å². The van der Waals surface area contributed by atoms with Crippen LogP contribution in [0.15, 0.2) is 15.5 Å². The second-order valence-corrected chi connectivity index (χ2v) is 6.99. The van der Waals surface area contributed by atoms with E-state index in [2.05, 4.69) is 27.4 Å². The highest BCUT2D eigenvalue weighted by Crippen LogP contribution is 2.32. The van der Waals surface area contributed by atoms with Crippen LogP contribution in [0, 0.1) is 6.92 Å². The van der Waals surface area contributed by atoms with E-state index < -0.39 is 5.54 Å². The van der Waals surface area contributed by atoms with Gasteiger partial charge < -0.3 is 24.9 Å². The third kappa shape index (κ3) is 3.46. The molecule has 26 heavy (non-hydrogen) atoms. The van der Waals surface area contributed by atoms with Gasteiger partial charge in [0.2, 0.25) is 5.91 Å². The molecular formula is C18H27N5O3.